The van der Waals surface area contributed by atoms with Crippen LogP contribution in [0.5, 0.6) is 0 Å². The molecule has 0 radical (unpaired) electrons. The second kappa shape index (κ2) is 7.14. The fourth-order valence-corrected chi connectivity index (χ4v) is 1.91. The number of hydrogen-bond acceptors (Lipinski definition) is 5. The van der Waals surface area contributed by atoms with Gasteiger partial charge in [0.1, 0.15) is 12.9 Å². The lowest BCUT2D eigenvalue weighted by atomic mass is 9.90. The van der Waals surface area contributed by atoms with E-state index >= 15 is 0 Å². The van der Waals surface area contributed by atoms with Crippen molar-refractivity contribution < 1.29 is 36.9 Å². The zero-order valence-electron chi connectivity index (χ0n) is 13.3. The first-order chi connectivity index (χ1) is 10.1. The molecule has 1 rings (SSSR count). The molecule has 0 aromatic rings. The Morgan fingerprint density at radius 2 is 2.00 bits per heavy atom. The Kier molecular flexibility index (Phi) is 6.23. The van der Waals surface area contributed by atoms with Gasteiger partial charge in [0.2, 0.25) is 0 Å². The predicted octanol–water partition coefficient (Wildman–Crippen LogP) is 3.02. The molecule has 0 spiro atoms. The van der Waals surface area contributed by atoms with E-state index in [-0.39, 0.29) is 13.0 Å². The highest BCUT2D eigenvalue weighted by atomic mass is 19.4. The van der Waals surface area contributed by atoms with Gasteiger partial charge in [-0.3, -0.25) is 4.79 Å². The fourth-order valence-electron chi connectivity index (χ4n) is 1.91. The number of ether oxygens (including phenoxy) is 4. The summed E-state index contributed by atoms with van der Waals surface area (Å²) >= 11 is 0. The molecule has 1 aliphatic rings. The van der Waals surface area contributed by atoms with Gasteiger partial charge in [0, 0.05) is 20.0 Å². The maximum absolute atomic E-state index is 13.3. The van der Waals surface area contributed by atoms with Crippen LogP contribution in [0.2, 0.25) is 0 Å². The Morgan fingerprint density at radius 3 is 2.50 bits per heavy atom. The van der Waals surface area contributed by atoms with E-state index in [9.17, 15) is 18.0 Å². The standard InChI is InChI=1S/C14H23F3O5/c1-5-12(2,3)11(18)22-10-6-7-20-13(8-10,14(15,16)17)21-9-19-4/h10H,5-9H2,1-4H3. The zero-order chi connectivity index (χ0) is 17.0. The van der Waals surface area contributed by atoms with E-state index in [4.69, 9.17) is 14.2 Å². The smallest absolute Gasteiger partial charge is 0.443 e. The first-order valence-corrected chi connectivity index (χ1v) is 7.12. The normalized spacial score (nSPS) is 26.8. The van der Waals surface area contributed by atoms with Crippen molar-refractivity contribution in [1.82, 2.24) is 0 Å². The third kappa shape index (κ3) is 4.33. The Bertz CT molecular complexity index is 383. The highest BCUT2D eigenvalue weighted by Crippen LogP contribution is 2.42. The van der Waals surface area contributed by atoms with Gasteiger partial charge in [0.15, 0.2) is 0 Å². The molecular weight excluding hydrogens is 305 g/mol. The minimum absolute atomic E-state index is 0.194. The number of esters is 1. The lowest BCUT2D eigenvalue weighted by Crippen LogP contribution is -2.56. The van der Waals surface area contributed by atoms with Crippen LogP contribution < -0.4 is 0 Å². The van der Waals surface area contributed by atoms with E-state index in [2.05, 4.69) is 4.74 Å². The van der Waals surface area contributed by atoms with Crippen LogP contribution in [0.3, 0.4) is 0 Å². The lowest BCUT2D eigenvalue weighted by Gasteiger charge is -2.41. The molecule has 130 valence electrons. The molecule has 0 aliphatic carbocycles. The topological polar surface area (TPSA) is 54.0 Å². The molecule has 5 nitrogen and oxygen atoms in total. The molecule has 1 heterocycles. The van der Waals surface area contributed by atoms with Crippen molar-refractivity contribution in [3.63, 3.8) is 0 Å². The molecule has 0 amide bonds. The maximum Gasteiger partial charge on any atom is 0.443 e. The second-order valence-electron chi connectivity index (χ2n) is 5.91. The first-order valence-electron chi connectivity index (χ1n) is 7.12. The quantitative estimate of drug-likeness (QED) is 0.554. The molecule has 0 saturated carbocycles. The van der Waals surface area contributed by atoms with E-state index in [1.807, 2.05) is 6.92 Å². The largest absolute Gasteiger partial charge is 0.462 e. The summed E-state index contributed by atoms with van der Waals surface area (Å²) in [6.07, 6.45) is -5.55. The monoisotopic (exact) mass is 328 g/mol. The molecule has 0 bridgehead atoms. The van der Waals surface area contributed by atoms with Crippen molar-refractivity contribution in [2.45, 2.75) is 58.1 Å². The van der Waals surface area contributed by atoms with Crippen molar-refractivity contribution in [3.8, 4) is 0 Å². The van der Waals surface area contributed by atoms with Crippen LogP contribution in [0.25, 0.3) is 0 Å². The van der Waals surface area contributed by atoms with Gasteiger partial charge in [-0.1, -0.05) is 6.92 Å². The van der Waals surface area contributed by atoms with Gasteiger partial charge in [0.25, 0.3) is 5.79 Å². The highest BCUT2D eigenvalue weighted by Gasteiger charge is 2.61. The summed E-state index contributed by atoms with van der Waals surface area (Å²) < 4.78 is 59.2. The van der Waals surface area contributed by atoms with Crippen LogP contribution >= 0.6 is 0 Å². The van der Waals surface area contributed by atoms with Gasteiger partial charge in [-0.2, -0.15) is 13.2 Å². The van der Waals surface area contributed by atoms with Gasteiger partial charge in [-0.25, -0.2) is 0 Å². The summed E-state index contributed by atoms with van der Waals surface area (Å²) in [7, 11) is 1.22. The van der Waals surface area contributed by atoms with Crippen molar-refractivity contribution in [1.29, 1.82) is 0 Å². The van der Waals surface area contributed by atoms with Crippen LogP contribution in [0.4, 0.5) is 13.2 Å². The average molecular weight is 328 g/mol. The summed E-state index contributed by atoms with van der Waals surface area (Å²) in [5, 5.41) is 0. The third-order valence-electron chi connectivity index (χ3n) is 3.82. The van der Waals surface area contributed by atoms with Crippen LogP contribution in [-0.4, -0.2) is 44.5 Å². The molecule has 1 aliphatic heterocycles. The number of methoxy groups -OCH3 is 1. The molecule has 2 atom stereocenters. The summed E-state index contributed by atoms with van der Waals surface area (Å²) in [5.41, 5.74) is -0.743. The number of carbonyl (C=O) groups excluding carboxylic acids is 1. The van der Waals surface area contributed by atoms with Crippen LogP contribution in [0.1, 0.15) is 40.0 Å². The predicted molar refractivity (Wildman–Crippen MR) is 70.9 cm³/mol. The van der Waals surface area contributed by atoms with Gasteiger partial charge < -0.3 is 18.9 Å². The molecule has 0 N–H and O–H groups in total. The number of rotatable bonds is 6. The fraction of sp³-hybridized carbons (Fsp3) is 0.929. The summed E-state index contributed by atoms with van der Waals surface area (Å²) in [4.78, 5) is 12.0. The molecule has 8 heteroatoms. The summed E-state index contributed by atoms with van der Waals surface area (Å²) in [6, 6.07) is 0. The van der Waals surface area contributed by atoms with Gasteiger partial charge in [0.05, 0.1) is 12.0 Å². The molecule has 1 saturated heterocycles. The molecule has 22 heavy (non-hydrogen) atoms. The Labute approximate surface area is 128 Å². The van der Waals surface area contributed by atoms with Gasteiger partial charge >= 0.3 is 12.1 Å². The number of hydrogen-bond donors (Lipinski definition) is 0. The maximum atomic E-state index is 13.3. The Balaban J connectivity index is 2.82. The van der Waals surface area contributed by atoms with E-state index in [0.29, 0.717) is 6.42 Å². The number of carbonyl (C=O) groups is 1. The van der Waals surface area contributed by atoms with E-state index in [0.717, 1.165) is 0 Å². The first kappa shape index (κ1) is 19.2. The molecule has 0 aromatic carbocycles. The van der Waals surface area contributed by atoms with E-state index in [1.54, 1.807) is 13.8 Å². The molecular formula is C14H23F3O5. The van der Waals surface area contributed by atoms with Crippen LogP contribution in [0.15, 0.2) is 0 Å². The Morgan fingerprint density at radius 1 is 1.36 bits per heavy atom. The summed E-state index contributed by atoms with van der Waals surface area (Å²) in [5.74, 6) is -3.33. The van der Waals surface area contributed by atoms with Crippen LogP contribution in [0, 0.1) is 5.41 Å². The van der Waals surface area contributed by atoms with Crippen molar-refractivity contribution in [2.24, 2.45) is 5.41 Å². The zero-order valence-corrected chi connectivity index (χ0v) is 13.3. The minimum Gasteiger partial charge on any atom is -0.462 e. The third-order valence-corrected chi connectivity index (χ3v) is 3.82. The van der Waals surface area contributed by atoms with Crippen LogP contribution in [-0.2, 0) is 23.7 Å². The SMILES string of the molecule is CCC(C)(C)C(=O)OC1CCOC(OCOC)(C(F)(F)F)C1. The lowest BCUT2D eigenvalue weighted by molar-refractivity contribution is -0.410. The molecule has 1 fully saturated rings. The van der Waals surface area contributed by atoms with E-state index < -0.39 is 42.7 Å². The van der Waals surface area contributed by atoms with Crippen molar-refractivity contribution in [3.05, 3.63) is 0 Å². The minimum atomic E-state index is -4.75. The number of halogens is 3. The Hall–Kier alpha value is -0.860. The highest BCUT2D eigenvalue weighted by molar-refractivity contribution is 5.76. The molecule has 0 aromatic heterocycles. The average Bonchev–Trinajstić information content (AvgIpc) is 2.44. The van der Waals surface area contributed by atoms with Crippen molar-refractivity contribution >= 4 is 5.97 Å². The van der Waals surface area contributed by atoms with Gasteiger partial charge in [-0.15, -0.1) is 0 Å². The molecule has 2 unspecified atom stereocenters. The second-order valence-corrected chi connectivity index (χ2v) is 5.91. The van der Waals surface area contributed by atoms with E-state index in [1.165, 1.54) is 7.11 Å². The van der Waals surface area contributed by atoms with Crippen molar-refractivity contribution in [2.75, 3.05) is 20.5 Å². The number of alkyl halides is 3. The summed E-state index contributed by atoms with van der Waals surface area (Å²) in [6.45, 7) is 4.40. The van der Waals surface area contributed by atoms with Gasteiger partial charge in [-0.05, 0) is 20.3 Å².